The molecule has 0 spiro atoms. The summed E-state index contributed by atoms with van der Waals surface area (Å²) in [5.74, 6) is 0.241. The van der Waals surface area contributed by atoms with Crippen LogP contribution in [0.5, 0.6) is 5.75 Å². The minimum atomic E-state index is -3.85. The summed E-state index contributed by atoms with van der Waals surface area (Å²) < 4.78 is 34.3. The van der Waals surface area contributed by atoms with Gasteiger partial charge in [0.2, 0.25) is 10.0 Å². The zero-order chi connectivity index (χ0) is 21.6. The molecule has 6 nitrogen and oxygen atoms in total. The molecule has 0 fully saturated rings. The van der Waals surface area contributed by atoms with E-state index in [9.17, 15) is 13.2 Å². The SMILES string of the molecule is COc1ccc(S(=O)(=O)N[C@@H](CC(C)C)c2ccccc2)cc1C(=O)NC(C)C. The molecule has 2 aromatic rings. The number of rotatable bonds is 9. The maximum Gasteiger partial charge on any atom is 0.255 e. The predicted molar refractivity (Wildman–Crippen MR) is 115 cm³/mol. The van der Waals surface area contributed by atoms with Crippen molar-refractivity contribution in [2.75, 3.05) is 7.11 Å². The molecule has 0 aliphatic carbocycles. The minimum absolute atomic E-state index is 0.0249. The maximum absolute atomic E-state index is 13.1. The first-order valence-electron chi connectivity index (χ1n) is 9.70. The van der Waals surface area contributed by atoms with E-state index in [0.29, 0.717) is 18.1 Å². The lowest BCUT2D eigenvalue weighted by atomic mass is 9.98. The standard InChI is InChI=1S/C22H30N2O4S/c1-15(2)13-20(17-9-7-6-8-10-17)24-29(26,27)18-11-12-21(28-5)19(14-18)22(25)23-16(3)4/h6-12,14-16,20,24H,13H2,1-5H3,(H,23,25)/t20-/m0/s1. The van der Waals surface area contributed by atoms with Gasteiger partial charge in [-0.2, -0.15) is 0 Å². The van der Waals surface area contributed by atoms with Gasteiger partial charge < -0.3 is 10.1 Å². The van der Waals surface area contributed by atoms with Crippen molar-refractivity contribution in [2.24, 2.45) is 5.92 Å². The molecule has 2 aromatic carbocycles. The number of benzene rings is 2. The van der Waals surface area contributed by atoms with Crippen molar-refractivity contribution in [1.82, 2.24) is 10.0 Å². The Labute approximate surface area is 173 Å². The molecular formula is C22H30N2O4S. The van der Waals surface area contributed by atoms with Crippen LogP contribution in [0.15, 0.2) is 53.4 Å². The molecule has 0 saturated heterocycles. The molecule has 0 bridgehead atoms. The van der Waals surface area contributed by atoms with Gasteiger partial charge in [-0.1, -0.05) is 44.2 Å². The number of sulfonamides is 1. The Morgan fingerprint density at radius 1 is 1.03 bits per heavy atom. The molecule has 29 heavy (non-hydrogen) atoms. The summed E-state index contributed by atoms with van der Waals surface area (Å²) in [5, 5.41) is 2.77. The number of amides is 1. The highest BCUT2D eigenvalue weighted by molar-refractivity contribution is 7.89. The number of methoxy groups -OCH3 is 1. The number of hydrogen-bond donors (Lipinski definition) is 2. The van der Waals surface area contributed by atoms with E-state index in [2.05, 4.69) is 10.0 Å². The lowest BCUT2D eigenvalue weighted by Crippen LogP contribution is -2.32. The normalized spacial score (nSPS) is 12.8. The fraction of sp³-hybridized carbons (Fsp3) is 0.409. The second-order valence-corrected chi connectivity index (χ2v) is 9.42. The summed E-state index contributed by atoms with van der Waals surface area (Å²) >= 11 is 0. The Morgan fingerprint density at radius 3 is 2.24 bits per heavy atom. The average Bonchev–Trinajstić information content (AvgIpc) is 2.66. The molecular weight excluding hydrogens is 388 g/mol. The van der Waals surface area contributed by atoms with E-state index in [1.807, 2.05) is 58.0 Å². The highest BCUT2D eigenvalue weighted by atomic mass is 32.2. The molecule has 0 unspecified atom stereocenters. The molecule has 1 atom stereocenters. The highest BCUT2D eigenvalue weighted by Gasteiger charge is 2.24. The average molecular weight is 419 g/mol. The third-order valence-electron chi connectivity index (χ3n) is 4.35. The molecule has 0 saturated carbocycles. The molecule has 1 amide bonds. The van der Waals surface area contributed by atoms with E-state index in [-0.39, 0.29) is 28.4 Å². The van der Waals surface area contributed by atoms with Gasteiger partial charge >= 0.3 is 0 Å². The molecule has 2 N–H and O–H groups in total. The fourth-order valence-corrected chi connectivity index (χ4v) is 4.30. The van der Waals surface area contributed by atoms with E-state index < -0.39 is 10.0 Å². The Kier molecular flexibility index (Phi) is 7.81. The molecule has 158 valence electrons. The molecule has 0 aliphatic rings. The summed E-state index contributed by atoms with van der Waals surface area (Å²) in [5.41, 5.74) is 1.08. The van der Waals surface area contributed by atoms with Gasteiger partial charge in [-0.15, -0.1) is 0 Å². The summed E-state index contributed by atoms with van der Waals surface area (Å²) in [6.07, 6.45) is 0.653. The van der Waals surface area contributed by atoms with Crippen LogP contribution in [-0.4, -0.2) is 27.5 Å². The zero-order valence-electron chi connectivity index (χ0n) is 17.6. The smallest absolute Gasteiger partial charge is 0.255 e. The Hall–Kier alpha value is -2.38. The van der Waals surface area contributed by atoms with E-state index in [1.54, 1.807) is 0 Å². The number of hydrogen-bond acceptors (Lipinski definition) is 4. The third-order valence-corrected chi connectivity index (χ3v) is 5.82. The number of carbonyl (C=O) groups excluding carboxylic acids is 1. The van der Waals surface area contributed by atoms with Gasteiger partial charge in [-0.25, -0.2) is 13.1 Å². The number of carbonyl (C=O) groups is 1. The second kappa shape index (κ2) is 9.89. The lowest BCUT2D eigenvalue weighted by Gasteiger charge is -2.21. The predicted octanol–water partition coefficient (Wildman–Crippen LogP) is 3.90. The van der Waals surface area contributed by atoms with Crippen LogP contribution in [0.1, 0.15) is 56.1 Å². The van der Waals surface area contributed by atoms with Crippen molar-refractivity contribution in [3.8, 4) is 5.75 Å². The van der Waals surface area contributed by atoms with Crippen molar-refractivity contribution in [3.63, 3.8) is 0 Å². The van der Waals surface area contributed by atoms with Gasteiger partial charge in [0.05, 0.1) is 17.6 Å². The van der Waals surface area contributed by atoms with Crippen LogP contribution in [0.25, 0.3) is 0 Å². The van der Waals surface area contributed by atoms with Crippen LogP contribution in [0.2, 0.25) is 0 Å². The number of nitrogens with one attached hydrogen (secondary N) is 2. The maximum atomic E-state index is 13.1. The van der Waals surface area contributed by atoms with Crippen molar-refractivity contribution in [2.45, 2.75) is 51.1 Å². The van der Waals surface area contributed by atoms with Gasteiger partial charge in [0.25, 0.3) is 5.91 Å². The molecule has 0 aliphatic heterocycles. The van der Waals surface area contributed by atoms with Gasteiger partial charge in [0.15, 0.2) is 0 Å². The van der Waals surface area contributed by atoms with E-state index in [0.717, 1.165) is 5.56 Å². The summed E-state index contributed by atoms with van der Waals surface area (Å²) in [7, 11) is -2.40. The lowest BCUT2D eigenvalue weighted by molar-refractivity contribution is 0.0940. The van der Waals surface area contributed by atoms with Gasteiger partial charge in [-0.05, 0) is 49.9 Å². The Morgan fingerprint density at radius 2 is 1.69 bits per heavy atom. The second-order valence-electron chi connectivity index (χ2n) is 7.70. The first kappa shape index (κ1) is 22.9. The molecule has 0 heterocycles. The van der Waals surface area contributed by atoms with Crippen LogP contribution < -0.4 is 14.8 Å². The van der Waals surface area contributed by atoms with Crippen molar-refractivity contribution in [3.05, 3.63) is 59.7 Å². The van der Waals surface area contributed by atoms with Crippen LogP contribution in [-0.2, 0) is 10.0 Å². The first-order chi connectivity index (χ1) is 13.6. The molecule has 0 aromatic heterocycles. The Bertz CT molecular complexity index is 925. The number of ether oxygens (including phenoxy) is 1. The van der Waals surface area contributed by atoms with Gasteiger partial charge in [-0.3, -0.25) is 4.79 Å². The molecule has 7 heteroatoms. The Balaban J connectivity index is 2.39. The van der Waals surface area contributed by atoms with Crippen molar-refractivity contribution in [1.29, 1.82) is 0 Å². The third kappa shape index (κ3) is 6.30. The van der Waals surface area contributed by atoms with Crippen LogP contribution in [0, 0.1) is 5.92 Å². The van der Waals surface area contributed by atoms with Crippen LogP contribution >= 0.6 is 0 Å². The molecule has 2 rings (SSSR count). The minimum Gasteiger partial charge on any atom is -0.496 e. The highest BCUT2D eigenvalue weighted by Crippen LogP contribution is 2.26. The summed E-state index contributed by atoms with van der Waals surface area (Å²) in [6, 6.07) is 13.3. The summed E-state index contributed by atoms with van der Waals surface area (Å²) in [4.78, 5) is 12.5. The van der Waals surface area contributed by atoms with E-state index in [1.165, 1.54) is 25.3 Å². The fourth-order valence-electron chi connectivity index (χ4n) is 3.04. The monoisotopic (exact) mass is 418 g/mol. The van der Waals surface area contributed by atoms with Gasteiger partial charge in [0.1, 0.15) is 5.75 Å². The molecule has 0 radical (unpaired) electrons. The topological polar surface area (TPSA) is 84.5 Å². The first-order valence-corrected chi connectivity index (χ1v) is 11.2. The largest absolute Gasteiger partial charge is 0.496 e. The van der Waals surface area contributed by atoms with Crippen LogP contribution in [0.4, 0.5) is 0 Å². The zero-order valence-corrected chi connectivity index (χ0v) is 18.4. The van der Waals surface area contributed by atoms with Crippen molar-refractivity contribution < 1.29 is 17.9 Å². The van der Waals surface area contributed by atoms with E-state index >= 15 is 0 Å². The quantitative estimate of drug-likeness (QED) is 0.647. The summed E-state index contributed by atoms with van der Waals surface area (Å²) in [6.45, 7) is 7.77. The van der Waals surface area contributed by atoms with Crippen molar-refractivity contribution >= 4 is 15.9 Å². The van der Waals surface area contributed by atoms with Crippen LogP contribution in [0.3, 0.4) is 0 Å². The van der Waals surface area contributed by atoms with Gasteiger partial charge in [0, 0.05) is 12.1 Å². The van der Waals surface area contributed by atoms with E-state index in [4.69, 9.17) is 4.74 Å².